The highest BCUT2D eigenvalue weighted by Gasteiger charge is 1.96. The molecule has 1 nitrogen and oxygen atoms in total. The number of halogens is 2. The van der Waals surface area contributed by atoms with Crippen molar-refractivity contribution in [3.05, 3.63) is 0 Å². The van der Waals surface area contributed by atoms with Crippen LogP contribution >= 0.6 is 12.0 Å². The minimum atomic E-state index is -2.64. The molecule has 0 aromatic heterocycles. The molecule has 0 N–H and O–H groups in total. The van der Waals surface area contributed by atoms with Gasteiger partial charge in [-0.15, -0.1) is 0 Å². The molecule has 6 heavy (non-hydrogen) atoms. The van der Waals surface area contributed by atoms with E-state index in [-0.39, 0.29) is 0 Å². The highest BCUT2D eigenvalue weighted by atomic mass is 32.2. The van der Waals surface area contributed by atoms with Crippen LogP contribution in [0.15, 0.2) is 0 Å². The molecule has 0 radical (unpaired) electrons. The van der Waals surface area contributed by atoms with Crippen molar-refractivity contribution in [2.75, 3.05) is 6.26 Å². The zero-order valence-electron chi connectivity index (χ0n) is 3.15. The highest BCUT2D eigenvalue weighted by Crippen LogP contribution is 2.03. The van der Waals surface area contributed by atoms with Crippen molar-refractivity contribution in [1.29, 1.82) is 0 Å². The Kier molecular flexibility index (Phi) is 3.46. The smallest absolute Gasteiger partial charge is 0.252 e. The fourth-order valence-electron chi connectivity index (χ4n) is 0.0727. The summed E-state index contributed by atoms with van der Waals surface area (Å²) in [6.45, 7) is -2.64. The van der Waals surface area contributed by atoms with Gasteiger partial charge in [-0.1, -0.05) is 0 Å². The first-order chi connectivity index (χ1) is 2.77. The molecule has 0 bridgehead atoms. The molecule has 0 atom stereocenters. The van der Waals surface area contributed by atoms with Crippen molar-refractivity contribution < 1.29 is 13.0 Å². The van der Waals surface area contributed by atoms with Gasteiger partial charge in [-0.3, -0.25) is 4.18 Å². The van der Waals surface area contributed by atoms with E-state index in [1.165, 1.54) is 6.26 Å². The second-order valence-corrected chi connectivity index (χ2v) is 1.05. The van der Waals surface area contributed by atoms with E-state index in [4.69, 9.17) is 0 Å². The van der Waals surface area contributed by atoms with E-state index in [0.29, 0.717) is 12.0 Å². The Hall–Kier alpha value is 0.170. The average Bonchev–Trinajstić information content (AvgIpc) is 1.35. The molecule has 0 unspecified atom stereocenters. The molecule has 0 heterocycles. The summed E-state index contributed by atoms with van der Waals surface area (Å²) in [5.41, 5.74) is 0. The number of rotatable bonds is 2. The maximum Gasteiger partial charge on any atom is 0.355 e. The number of alkyl halides is 2. The Labute approximate surface area is 38.9 Å². The summed E-state index contributed by atoms with van der Waals surface area (Å²) >= 11 is 0.660. The van der Waals surface area contributed by atoms with Gasteiger partial charge >= 0.3 is 6.61 Å². The van der Waals surface area contributed by atoms with Crippen molar-refractivity contribution >= 4 is 12.0 Å². The number of hydrogen-bond acceptors (Lipinski definition) is 2. The lowest BCUT2D eigenvalue weighted by molar-refractivity contribution is -0.0341. The molecule has 0 aliphatic rings. The third kappa shape index (κ3) is 4.17. The lowest BCUT2D eigenvalue weighted by Gasteiger charge is -1.90. The van der Waals surface area contributed by atoms with Gasteiger partial charge in [0.2, 0.25) is 0 Å². The summed E-state index contributed by atoms with van der Waals surface area (Å²) < 4.78 is 25.2. The Morgan fingerprint density at radius 1 is 1.67 bits per heavy atom. The fraction of sp³-hybridized carbons (Fsp3) is 1.00. The van der Waals surface area contributed by atoms with Crippen LogP contribution in [0.1, 0.15) is 0 Å². The van der Waals surface area contributed by atoms with Crippen molar-refractivity contribution in [2.45, 2.75) is 6.61 Å². The predicted octanol–water partition coefficient (Wildman–Crippen LogP) is 1.50. The first-order valence-corrected chi connectivity index (χ1v) is 2.40. The van der Waals surface area contributed by atoms with Crippen molar-refractivity contribution in [2.24, 2.45) is 0 Å². The van der Waals surface area contributed by atoms with Gasteiger partial charge in [-0.05, 0) is 12.0 Å². The van der Waals surface area contributed by atoms with E-state index in [1.54, 1.807) is 0 Å². The molecule has 0 aromatic rings. The summed E-state index contributed by atoms with van der Waals surface area (Å²) in [7, 11) is 0. The molecule has 0 aliphatic carbocycles. The highest BCUT2D eigenvalue weighted by molar-refractivity contribution is 7.93. The zero-order chi connectivity index (χ0) is 4.99. The second-order valence-electron chi connectivity index (χ2n) is 0.524. The first-order valence-electron chi connectivity index (χ1n) is 1.25. The molecular weight excluding hydrogens is 110 g/mol. The minimum Gasteiger partial charge on any atom is -0.252 e. The van der Waals surface area contributed by atoms with Gasteiger partial charge in [-0.25, -0.2) is 0 Å². The molecule has 0 saturated carbocycles. The van der Waals surface area contributed by atoms with Crippen LogP contribution in [0, 0.1) is 0 Å². The Morgan fingerprint density at radius 3 is 2.17 bits per heavy atom. The topological polar surface area (TPSA) is 9.23 Å². The lowest BCUT2D eigenvalue weighted by atomic mass is 11.5. The molecule has 0 aromatic carbocycles. The van der Waals surface area contributed by atoms with Crippen LogP contribution in [-0.4, -0.2) is 12.9 Å². The molecule has 0 saturated heterocycles. The van der Waals surface area contributed by atoms with E-state index in [0.717, 1.165) is 0 Å². The van der Waals surface area contributed by atoms with Crippen LogP contribution in [0.5, 0.6) is 0 Å². The maximum atomic E-state index is 10.8. The van der Waals surface area contributed by atoms with Gasteiger partial charge in [0, 0.05) is 6.26 Å². The Balaban J connectivity index is 2.63. The fourth-order valence-corrected chi connectivity index (χ4v) is 0.218. The second kappa shape index (κ2) is 3.36. The SMILES string of the molecule is CSOC(F)F. The molecule has 38 valence electrons. The molecule has 0 rings (SSSR count). The molecule has 0 spiro atoms. The van der Waals surface area contributed by atoms with Crippen molar-refractivity contribution in [3.63, 3.8) is 0 Å². The lowest BCUT2D eigenvalue weighted by Crippen LogP contribution is -1.86. The maximum absolute atomic E-state index is 10.8. The molecule has 0 aliphatic heterocycles. The summed E-state index contributed by atoms with van der Waals surface area (Å²) in [4.78, 5) is 0. The Morgan fingerprint density at radius 2 is 2.17 bits per heavy atom. The molecular formula is C2H4F2OS. The third-order valence-electron chi connectivity index (χ3n) is 0.169. The summed E-state index contributed by atoms with van der Waals surface area (Å²) in [6.07, 6.45) is 1.44. The monoisotopic (exact) mass is 114 g/mol. The number of hydrogen-bond donors (Lipinski definition) is 0. The van der Waals surface area contributed by atoms with Crippen LogP contribution in [0.3, 0.4) is 0 Å². The van der Waals surface area contributed by atoms with E-state index in [2.05, 4.69) is 4.18 Å². The van der Waals surface area contributed by atoms with Crippen LogP contribution in [0.25, 0.3) is 0 Å². The van der Waals surface area contributed by atoms with Gasteiger partial charge < -0.3 is 0 Å². The standard InChI is InChI=1S/C2H4F2OS/c1-6-5-2(3)4/h2H,1H3. The van der Waals surface area contributed by atoms with Gasteiger partial charge in [0.1, 0.15) is 0 Å². The summed E-state index contributed by atoms with van der Waals surface area (Å²) in [5.74, 6) is 0. The van der Waals surface area contributed by atoms with E-state index >= 15 is 0 Å². The predicted molar refractivity (Wildman–Crippen MR) is 20.6 cm³/mol. The van der Waals surface area contributed by atoms with Crippen LogP contribution in [0.2, 0.25) is 0 Å². The largest absolute Gasteiger partial charge is 0.355 e. The van der Waals surface area contributed by atoms with E-state index in [9.17, 15) is 8.78 Å². The third-order valence-corrected chi connectivity index (χ3v) is 0.507. The summed E-state index contributed by atoms with van der Waals surface area (Å²) in [6, 6.07) is 0. The van der Waals surface area contributed by atoms with Crippen LogP contribution in [0.4, 0.5) is 8.78 Å². The van der Waals surface area contributed by atoms with Crippen molar-refractivity contribution in [3.8, 4) is 0 Å². The quantitative estimate of drug-likeness (QED) is 0.503. The van der Waals surface area contributed by atoms with Gasteiger partial charge in [-0.2, -0.15) is 8.78 Å². The zero-order valence-corrected chi connectivity index (χ0v) is 3.97. The van der Waals surface area contributed by atoms with Crippen molar-refractivity contribution in [1.82, 2.24) is 0 Å². The van der Waals surface area contributed by atoms with Gasteiger partial charge in [0.05, 0.1) is 0 Å². The van der Waals surface area contributed by atoms with E-state index < -0.39 is 6.61 Å². The van der Waals surface area contributed by atoms with Crippen LogP contribution < -0.4 is 0 Å². The molecule has 4 heteroatoms. The van der Waals surface area contributed by atoms with Gasteiger partial charge in [0.15, 0.2) is 0 Å². The van der Waals surface area contributed by atoms with Crippen LogP contribution in [-0.2, 0) is 4.18 Å². The van der Waals surface area contributed by atoms with Gasteiger partial charge in [0.25, 0.3) is 0 Å². The Bertz CT molecular complexity index is 32.7. The minimum absolute atomic E-state index is 0.660. The average molecular weight is 114 g/mol. The molecule has 0 amide bonds. The van der Waals surface area contributed by atoms with E-state index in [1.807, 2.05) is 0 Å². The molecule has 0 fully saturated rings. The first kappa shape index (κ1) is 6.17. The summed E-state index contributed by atoms with van der Waals surface area (Å²) in [5, 5.41) is 0. The normalized spacial score (nSPS) is 10.0.